The Bertz CT molecular complexity index is 507. The monoisotopic (exact) mass is 292 g/mol. The molecule has 0 heterocycles. The summed E-state index contributed by atoms with van der Waals surface area (Å²) in [5.41, 5.74) is 6.76. The Kier molecular flexibility index (Phi) is 4.73. The van der Waals surface area contributed by atoms with Crippen LogP contribution >= 0.6 is 0 Å². The summed E-state index contributed by atoms with van der Waals surface area (Å²) in [6, 6.07) is 5.13. The van der Waals surface area contributed by atoms with Gasteiger partial charge >= 0.3 is 0 Å². The fraction of sp³-hybridized carbons (Fsp3) is 0.562. The summed E-state index contributed by atoms with van der Waals surface area (Å²) in [4.78, 5) is 14.0. The summed E-state index contributed by atoms with van der Waals surface area (Å²) < 4.78 is 5.08. The number of ether oxygens (including phenoxy) is 1. The van der Waals surface area contributed by atoms with E-state index in [0.29, 0.717) is 25.3 Å². The Morgan fingerprint density at radius 1 is 1.48 bits per heavy atom. The number of hydrogen-bond donors (Lipinski definition) is 2. The number of carbonyl (C=O) groups excluding carboxylic acids is 1. The summed E-state index contributed by atoms with van der Waals surface area (Å²) in [5.74, 6) is 0.643. The molecule has 0 unspecified atom stereocenters. The van der Waals surface area contributed by atoms with Crippen molar-refractivity contribution in [3.63, 3.8) is 0 Å². The largest absolute Gasteiger partial charge is 0.504 e. The van der Waals surface area contributed by atoms with Gasteiger partial charge in [0.05, 0.1) is 7.11 Å². The Labute approximate surface area is 125 Å². The second-order valence-electron chi connectivity index (χ2n) is 5.99. The minimum atomic E-state index is 0.0258. The number of amides is 1. The molecule has 0 radical (unpaired) electrons. The van der Waals surface area contributed by atoms with Crippen LogP contribution in [0.4, 0.5) is 0 Å². The van der Waals surface area contributed by atoms with Gasteiger partial charge in [0.25, 0.3) is 0 Å². The van der Waals surface area contributed by atoms with Crippen LogP contribution in [0.3, 0.4) is 0 Å². The van der Waals surface area contributed by atoms with Crippen molar-refractivity contribution in [1.82, 2.24) is 4.90 Å². The van der Waals surface area contributed by atoms with Gasteiger partial charge in [-0.1, -0.05) is 12.5 Å². The van der Waals surface area contributed by atoms with Crippen molar-refractivity contribution in [2.45, 2.75) is 32.2 Å². The van der Waals surface area contributed by atoms with Gasteiger partial charge in [-0.25, -0.2) is 0 Å². The van der Waals surface area contributed by atoms with E-state index in [1.165, 1.54) is 13.5 Å². The number of benzene rings is 1. The number of aromatic hydroxyl groups is 1. The van der Waals surface area contributed by atoms with Crippen molar-refractivity contribution < 1.29 is 14.6 Å². The molecule has 1 aromatic carbocycles. The summed E-state index contributed by atoms with van der Waals surface area (Å²) >= 11 is 0. The van der Waals surface area contributed by atoms with E-state index in [1.54, 1.807) is 30.1 Å². The molecule has 0 aliphatic heterocycles. The van der Waals surface area contributed by atoms with Crippen LogP contribution in [0.25, 0.3) is 0 Å². The number of methoxy groups -OCH3 is 1. The Morgan fingerprint density at radius 2 is 2.19 bits per heavy atom. The molecule has 1 aliphatic rings. The second-order valence-corrected chi connectivity index (χ2v) is 5.99. The molecule has 1 aromatic rings. The summed E-state index contributed by atoms with van der Waals surface area (Å²) in [6.07, 6.45) is 3.80. The average molecular weight is 292 g/mol. The van der Waals surface area contributed by atoms with Gasteiger partial charge in [-0.15, -0.1) is 0 Å². The Morgan fingerprint density at radius 3 is 2.71 bits per heavy atom. The molecule has 1 fully saturated rings. The van der Waals surface area contributed by atoms with Gasteiger partial charge in [-0.05, 0) is 42.5 Å². The molecule has 5 nitrogen and oxygen atoms in total. The topological polar surface area (TPSA) is 75.8 Å². The number of rotatable bonds is 6. The van der Waals surface area contributed by atoms with Gasteiger partial charge in [-0.3, -0.25) is 4.79 Å². The minimum absolute atomic E-state index is 0.0258. The first-order valence-corrected chi connectivity index (χ1v) is 7.29. The van der Waals surface area contributed by atoms with Crippen LogP contribution in [0.5, 0.6) is 11.5 Å². The molecule has 0 bridgehead atoms. The zero-order valence-electron chi connectivity index (χ0n) is 12.8. The third-order valence-electron chi connectivity index (χ3n) is 4.46. The van der Waals surface area contributed by atoms with Crippen LogP contribution in [0.2, 0.25) is 0 Å². The highest BCUT2D eigenvalue weighted by atomic mass is 16.5. The molecule has 0 aromatic heterocycles. The molecule has 3 N–H and O–H groups in total. The SMILES string of the molecule is COc1cc(CN(C)C(=O)CC2(CN)CCC2)ccc1O. The molecular formula is C16H24N2O3. The van der Waals surface area contributed by atoms with Crippen molar-refractivity contribution in [2.24, 2.45) is 11.1 Å². The predicted octanol–water partition coefficient (Wildman–Crippen LogP) is 1.88. The predicted molar refractivity (Wildman–Crippen MR) is 81.1 cm³/mol. The van der Waals surface area contributed by atoms with Gasteiger partial charge in [0.2, 0.25) is 5.91 Å². The van der Waals surface area contributed by atoms with Crippen LogP contribution in [-0.4, -0.2) is 36.6 Å². The van der Waals surface area contributed by atoms with Gasteiger partial charge < -0.3 is 20.5 Å². The van der Waals surface area contributed by atoms with Crippen LogP contribution in [0, 0.1) is 5.41 Å². The number of nitrogens with two attached hydrogens (primary N) is 1. The van der Waals surface area contributed by atoms with Crippen molar-refractivity contribution >= 4 is 5.91 Å². The summed E-state index contributed by atoms with van der Waals surface area (Å²) in [5, 5.41) is 9.58. The normalized spacial score (nSPS) is 16.1. The third-order valence-corrected chi connectivity index (χ3v) is 4.46. The maximum Gasteiger partial charge on any atom is 0.223 e. The van der Waals surface area contributed by atoms with E-state index in [2.05, 4.69) is 0 Å². The minimum Gasteiger partial charge on any atom is -0.504 e. The molecule has 0 atom stereocenters. The average Bonchev–Trinajstić information content (AvgIpc) is 2.44. The standard InChI is InChI=1S/C16H24N2O3/c1-18(15(20)9-16(11-17)6-3-7-16)10-12-4-5-13(19)14(8-12)21-2/h4-5,8,19H,3,6-7,9-11,17H2,1-2H3. The fourth-order valence-corrected chi connectivity index (χ4v) is 2.77. The number of phenols is 1. The number of nitrogens with zero attached hydrogens (tertiary/aromatic N) is 1. The fourth-order valence-electron chi connectivity index (χ4n) is 2.77. The molecule has 1 aliphatic carbocycles. The first kappa shape index (κ1) is 15.6. The highest BCUT2D eigenvalue weighted by molar-refractivity contribution is 5.76. The highest BCUT2D eigenvalue weighted by Crippen LogP contribution is 2.43. The van der Waals surface area contributed by atoms with Crippen molar-refractivity contribution in [1.29, 1.82) is 0 Å². The van der Waals surface area contributed by atoms with Gasteiger partial charge in [0.1, 0.15) is 0 Å². The summed E-state index contributed by atoms with van der Waals surface area (Å²) in [7, 11) is 3.31. The molecule has 2 rings (SSSR count). The van der Waals surface area contributed by atoms with Crippen molar-refractivity contribution in [2.75, 3.05) is 20.7 Å². The maximum atomic E-state index is 12.3. The lowest BCUT2D eigenvalue weighted by Crippen LogP contribution is -2.42. The molecule has 1 amide bonds. The van der Waals surface area contributed by atoms with E-state index >= 15 is 0 Å². The first-order valence-electron chi connectivity index (χ1n) is 7.29. The van der Waals surface area contributed by atoms with E-state index in [4.69, 9.17) is 10.5 Å². The number of hydrogen-bond acceptors (Lipinski definition) is 4. The van der Waals surface area contributed by atoms with Crippen LogP contribution in [0.1, 0.15) is 31.2 Å². The summed E-state index contributed by atoms with van der Waals surface area (Å²) in [6.45, 7) is 1.08. The quantitative estimate of drug-likeness (QED) is 0.839. The smallest absolute Gasteiger partial charge is 0.223 e. The van der Waals surface area contributed by atoms with E-state index in [9.17, 15) is 9.90 Å². The molecule has 0 spiro atoms. The lowest BCUT2D eigenvalue weighted by molar-refractivity contribution is -0.134. The zero-order chi connectivity index (χ0) is 15.5. The van der Waals surface area contributed by atoms with E-state index in [-0.39, 0.29) is 17.1 Å². The van der Waals surface area contributed by atoms with E-state index < -0.39 is 0 Å². The second kappa shape index (κ2) is 6.35. The Hall–Kier alpha value is -1.75. The Balaban J connectivity index is 1.97. The van der Waals surface area contributed by atoms with Crippen molar-refractivity contribution in [3.05, 3.63) is 23.8 Å². The van der Waals surface area contributed by atoms with Crippen LogP contribution in [0.15, 0.2) is 18.2 Å². The van der Waals surface area contributed by atoms with Crippen LogP contribution in [-0.2, 0) is 11.3 Å². The first-order chi connectivity index (χ1) is 9.99. The highest BCUT2D eigenvalue weighted by Gasteiger charge is 2.38. The van der Waals surface area contributed by atoms with E-state index in [1.807, 2.05) is 0 Å². The van der Waals surface area contributed by atoms with Gasteiger partial charge in [0.15, 0.2) is 11.5 Å². The van der Waals surface area contributed by atoms with Crippen LogP contribution < -0.4 is 10.5 Å². The van der Waals surface area contributed by atoms with Gasteiger partial charge in [0, 0.05) is 20.0 Å². The van der Waals surface area contributed by atoms with Gasteiger partial charge in [-0.2, -0.15) is 0 Å². The maximum absolute atomic E-state index is 12.3. The van der Waals surface area contributed by atoms with Crippen molar-refractivity contribution in [3.8, 4) is 11.5 Å². The lowest BCUT2D eigenvalue weighted by atomic mass is 9.66. The molecule has 21 heavy (non-hydrogen) atoms. The molecule has 0 saturated heterocycles. The molecule has 116 valence electrons. The molecular weight excluding hydrogens is 268 g/mol. The molecule has 5 heteroatoms. The van der Waals surface area contributed by atoms with E-state index in [0.717, 1.165) is 18.4 Å². The third kappa shape index (κ3) is 3.47. The lowest BCUT2D eigenvalue weighted by Gasteiger charge is -2.41. The number of carbonyl (C=O) groups is 1. The zero-order valence-corrected chi connectivity index (χ0v) is 12.8. The molecule has 1 saturated carbocycles. The number of phenolic OH excluding ortho intramolecular Hbond substituents is 1.